The first kappa shape index (κ1) is 15.9. The molecule has 0 aromatic heterocycles. The lowest BCUT2D eigenvalue weighted by atomic mass is 10.1. The molecule has 1 aromatic rings. The van der Waals surface area contributed by atoms with Crippen molar-refractivity contribution in [2.24, 2.45) is 0 Å². The summed E-state index contributed by atoms with van der Waals surface area (Å²) in [5.41, 5.74) is 0. The SMILES string of the molecule is CC#CCCC(COc1ccc(Cl)cc1)NCCC. The second-order valence-corrected chi connectivity index (χ2v) is 4.82. The number of nitrogens with one attached hydrogen (secondary N) is 1. The topological polar surface area (TPSA) is 21.3 Å². The molecule has 0 heterocycles. The van der Waals surface area contributed by atoms with Gasteiger partial charge in [0, 0.05) is 17.5 Å². The van der Waals surface area contributed by atoms with Crippen LogP contribution in [0.5, 0.6) is 5.75 Å². The summed E-state index contributed by atoms with van der Waals surface area (Å²) in [6, 6.07) is 7.81. The van der Waals surface area contributed by atoms with Crippen molar-refractivity contribution in [2.45, 2.75) is 39.2 Å². The van der Waals surface area contributed by atoms with Crippen molar-refractivity contribution in [1.29, 1.82) is 0 Å². The molecule has 0 saturated carbocycles. The van der Waals surface area contributed by atoms with Crippen LogP contribution in [0.2, 0.25) is 5.02 Å². The van der Waals surface area contributed by atoms with E-state index in [4.69, 9.17) is 16.3 Å². The molecule has 0 radical (unpaired) electrons. The highest BCUT2D eigenvalue weighted by molar-refractivity contribution is 6.30. The molecule has 1 unspecified atom stereocenters. The third-order valence-corrected chi connectivity index (χ3v) is 2.99. The normalized spacial score (nSPS) is 11.5. The van der Waals surface area contributed by atoms with Crippen LogP contribution in [0.4, 0.5) is 0 Å². The zero-order valence-corrected chi connectivity index (χ0v) is 12.5. The van der Waals surface area contributed by atoms with Crippen molar-refractivity contribution < 1.29 is 4.74 Å². The highest BCUT2D eigenvalue weighted by atomic mass is 35.5. The molecule has 0 fully saturated rings. The number of rotatable bonds is 8. The van der Waals surface area contributed by atoms with Gasteiger partial charge in [0.2, 0.25) is 0 Å². The Labute approximate surface area is 121 Å². The summed E-state index contributed by atoms with van der Waals surface area (Å²) in [7, 11) is 0. The van der Waals surface area contributed by atoms with Gasteiger partial charge in [0.05, 0.1) is 0 Å². The Bertz CT molecular complexity index is 405. The van der Waals surface area contributed by atoms with Crippen LogP contribution in [-0.4, -0.2) is 19.2 Å². The van der Waals surface area contributed by atoms with Crippen molar-refractivity contribution in [2.75, 3.05) is 13.2 Å². The minimum Gasteiger partial charge on any atom is -0.492 e. The molecular formula is C16H22ClNO. The predicted molar refractivity (Wildman–Crippen MR) is 81.7 cm³/mol. The first-order chi connectivity index (χ1) is 9.26. The average Bonchev–Trinajstić information content (AvgIpc) is 2.43. The van der Waals surface area contributed by atoms with Crippen LogP contribution < -0.4 is 10.1 Å². The Morgan fingerprint density at radius 3 is 2.68 bits per heavy atom. The van der Waals surface area contributed by atoms with Gasteiger partial charge < -0.3 is 10.1 Å². The molecule has 1 aromatic carbocycles. The highest BCUT2D eigenvalue weighted by Crippen LogP contribution is 2.16. The van der Waals surface area contributed by atoms with E-state index in [0.29, 0.717) is 12.6 Å². The third-order valence-electron chi connectivity index (χ3n) is 2.74. The molecule has 2 nitrogen and oxygen atoms in total. The lowest BCUT2D eigenvalue weighted by molar-refractivity contribution is 0.258. The second kappa shape index (κ2) is 9.72. The van der Waals surface area contributed by atoms with Crippen LogP contribution in [0.15, 0.2) is 24.3 Å². The van der Waals surface area contributed by atoms with Gasteiger partial charge in [0.15, 0.2) is 0 Å². The van der Waals surface area contributed by atoms with Gasteiger partial charge in [-0.3, -0.25) is 0 Å². The Balaban J connectivity index is 2.41. The zero-order chi connectivity index (χ0) is 13.9. The lowest BCUT2D eigenvalue weighted by Gasteiger charge is -2.18. The maximum atomic E-state index is 5.84. The monoisotopic (exact) mass is 279 g/mol. The average molecular weight is 280 g/mol. The molecular weight excluding hydrogens is 258 g/mol. The molecule has 104 valence electrons. The summed E-state index contributed by atoms with van der Waals surface area (Å²) >= 11 is 5.84. The molecule has 0 amide bonds. The maximum Gasteiger partial charge on any atom is 0.119 e. The third kappa shape index (κ3) is 7.10. The molecule has 0 aliphatic rings. The number of benzene rings is 1. The first-order valence-electron chi connectivity index (χ1n) is 6.77. The Morgan fingerprint density at radius 1 is 1.32 bits per heavy atom. The molecule has 0 bridgehead atoms. The van der Waals surface area contributed by atoms with E-state index < -0.39 is 0 Å². The molecule has 0 saturated heterocycles. The van der Waals surface area contributed by atoms with Crippen LogP contribution in [0.1, 0.15) is 33.1 Å². The zero-order valence-electron chi connectivity index (χ0n) is 11.7. The van der Waals surface area contributed by atoms with E-state index in [9.17, 15) is 0 Å². The van der Waals surface area contributed by atoms with Gasteiger partial charge in [0.25, 0.3) is 0 Å². The number of hydrogen-bond acceptors (Lipinski definition) is 2. The van der Waals surface area contributed by atoms with Gasteiger partial charge in [-0.2, -0.15) is 0 Å². The standard InChI is InChI=1S/C16H22ClNO/c1-3-5-6-7-15(18-12-4-2)13-19-16-10-8-14(17)9-11-16/h8-11,15,18H,4,6-7,12-13H2,1-2H3. The van der Waals surface area contributed by atoms with Crippen LogP contribution in [0, 0.1) is 11.8 Å². The fourth-order valence-corrected chi connectivity index (χ4v) is 1.82. The van der Waals surface area contributed by atoms with Gasteiger partial charge in [-0.1, -0.05) is 18.5 Å². The summed E-state index contributed by atoms with van der Waals surface area (Å²) in [4.78, 5) is 0. The maximum absolute atomic E-state index is 5.84. The first-order valence-corrected chi connectivity index (χ1v) is 7.15. The summed E-state index contributed by atoms with van der Waals surface area (Å²) in [6.45, 7) is 5.70. The van der Waals surface area contributed by atoms with Crippen LogP contribution in [-0.2, 0) is 0 Å². The molecule has 0 aliphatic carbocycles. The smallest absolute Gasteiger partial charge is 0.119 e. The van der Waals surface area contributed by atoms with E-state index >= 15 is 0 Å². The van der Waals surface area contributed by atoms with Crippen LogP contribution in [0.25, 0.3) is 0 Å². The summed E-state index contributed by atoms with van der Waals surface area (Å²) in [5.74, 6) is 6.88. The van der Waals surface area contributed by atoms with Crippen molar-refractivity contribution in [3.05, 3.63) is 29.3 Å². The molecule has 0 spiro atoms. The van der Waals surface area contributed by atoms with E-state index in [0.717, 1.165) is 36.6 Å². The van der Waals surface area contributed by atoms with E-state index in [1.807, 2.05) is 31.2 Å². The summed E-state index contributed by atoms with van der Waals surface area (Å²) in [6.07, 6.45) is 3.03. The molecule has 19 heavy (non-hydrogen) atoms. The lowest BCUT2D eigenvalue weighted by Crippen LogP contribution is -2.35. The Kier molecular flexibility index (Phi) is 8.13. The van der Waals surface area contributed by atoms with Crippen LogP contribution in [0.3, 0.4) is 0 Å². The molecule has 1 atom stereocenters. The van der Waals surface area contributed by atoms with E-state index in [1.165, 1.54) is 0 Å². The van der Waals surface area contributed by atoms with E-state index in [-0.39, 0.29) is 0 Å². The fourth-order valence-electron chi connectivity index (χ4n) is 1.69. The fraction of sp³-hybridized carbons (Fsp3) is 0.500. The number of hydrogen-bond donors (Lipinski definition) is 1. The van der Waals surface area contributed by atoms with E-state index in [2.05, 4.69) is 24.1 Å². The minimum atomic E-state index is 0.344. The number of halogens is 1. The molecule has 3 heteroatoms. The van der Waals surface area contributed by atoms with Crippen molar-refractivity contribution in [3.63, 3.8) is 0 Å². The highest BCUT2D eigenvalue weighted by Gasteiger charge is 2.07. The van der Waals surface area contributed by atoms with Gasteiger partial charge in [-0.05, 0) is 50.6 Å². The summed E-state index contributed by atoms with van der Waals surface area (Å²) in [5, 5.41) is 4.22. The predicted octanol–water partition coefficient (Wildman–Crippen LogP) is 3.89. The van der Waals surface area contributed by atoms with Crippen LogP contribution >= 0.6 is 11.6 Å². The van der Waals surface area contributed by atoms with Crippen molar-refractivity contribution in [3.8, 4) is 17.6 Å². The van der Waals surface area contributed by atoms with Gasteiger partial charge in [0.1, 0.15) is 12.4 Å². The van der Waals surface area contributed by atoms with Gasteiger partial charge >= 0.3 is 0 Å². The largest absolute Gasteiger partial charge is 0.492 e. The molecule has 1 N–H and O–H groups in total. The molecule has 0 aliphatic heterocycles. The quantitative estimate of drug-likeness (QED) is 0.729. The Hall–Kier alpha value is -1.17. The minimum absolute atomic E-state index is 0.344. The van der Waals surface area contributed by atoms with E-state index in [1.54, 1.807) is 0 Å². The van der Waals surface area contributed by atoms with Gasteiger partial charge in [-0.25, -0.2) is 0 Å². The Morgan fingerprint density at radius 2 is 2.05 bits per heavy atom. The van der Waals surface area contributed by atoms with Crippen molar-refractivity contribution >= 4 is 11.6 Å². The number of ether oxygens (including phenoxy) is 1. The summed E-state index contributed by atoms with van der Waals surface area (Å²) < 4.78 is 5.78. The van der Waals surface area contributed by atoms with Crippen molar-refractivity contribution in [1.82, 2.24) is 5.32 Å². The molecule has 1 rings (SSSR count). The van der Waals surface area contributed by atoms with Gasteiger partial charge in [-0.15, -0.1) is 11.8 Å². The second-order valence-electron chi connectivity index (χ2n) is 4.38.